The Hall–Kier alpha value is 0.250. The Morgan fingerprint density at radius 1 is 1.44 bits per heavy atom. The van der Waals surface area contributed by atoms with Crippen LogP contribution in [0.25, 0.3) is 0 Å². The Labute approximate surface area is 63.6 Å². The maximum Gasteiger partial charge on any atom is 0.00644 e. The summed E-state index contributed by atoms with van der Waals surface area (Å²) in [5.74, 6) is 0. The van der Waals surface area contributed by atoms with Crippen molar-refractivity contribution in [2.75, 3.05) is 6.54 Å². The summed E-state index contributed by atoms with van der Waals surface area (Å²) in [5, 5.41) is 3.47. The molecule has 0 bridgehead atoms. The number of nitrogens with one attached hydrogen (secondary N) is 1. The predicted octanol–water partition coefficient (Wildman–Crippen LogP) is 1.96. The highest BCUT2D eigenvalue weighted by atomic mass is 35.5. The fraction of sp³-hybridized carbons (Fsp3) is 1.00. The normalized spacial score (nSPS) is 27.0. The SMILES string of the molecule is CCC1CCCCN1.Cl. The van der Waals surface area contributed by atoms with Crippen LogP contribution >= 0.6 is 12.4 Å². The fourth-order valence-corrected chi connectivity index (χ4v) is 1.27. The van der Waals surface area contributed by atoms with E-state index in [9.17, 15) is 0 Å². The zero-order chi connectivity index (χ0) is 5.82. The summed E-state index contributed by atoms with van der Waals surface area (Å²) < 4.78 is 0. The summed E-state index contributed by atoms with van der Waals surface area (Å²) in [4.78, 5) is 0. The van der Waals surface area contributed by atoms with E-state index in [2.05, 4.69) is 12.2 Å². The quantitative estimate of drug-likeness (QED) is 0.601. The summed E-state index contributed by atoms with van der Waals surface area (Å²) in [6.07, 6.45) is 5.53. The summed E-state index contributed by atoms with van der Waals surface area (Å²) in [5.41, 5.74) is 0. The van der Waals surface area contributed by atoms with Gasteiger partial charge in [-0.1, -0.05) is 13.3 Å². The van der Waals surface area contributed by atoms with Gasteiger partial charge in [0.05, 0.1) is 0 Å². The molecule has 1 fully saturated rings. The van der Waals surface area contributed by atoms with Crippen molar-refractivity contribution < 1.29 is 0 Å². The maximum atomic E-state index is 3.47. The molecule has 1 saturated heterocycles. The van der Waals surface area contributed by atoms with Gasteiger partial charge in [-0.2, -0.15) is 0 Å². The van der Waals surface area contributed by atoms with E-state index >= 15 is 0 Å². The Morgan fingerprint density at radius 3 is 2.56 bits per heavy atom. The molecule has 0 saturated carbocycles. The third-order valence-corrected chi connectivity index (χ3v) is 1.91. The minimum Gasteiger partial charge on any atom is -0.314 e. The molecule has 0 spiro atoms. The maximum absolute atomic E-state index is 3.47. The molecule has 1 heterocycles. The van der Waals surface area contributed by atoms with Crippen molar-refractivity contribution in [1.29, 1.82) is 0 Å². The van der Waals surface area contributed by atoms with Crippen LogP contribution in [0.1, 0.15) is 32.6 Å². The molecule has 56 valence electrons. The fourth-order valence-electron chi connectivity index (χ4n) is 1.27. The second-order valence-corrected chi connectivity index (χ2v) is 2.56. The molecule has 1 atom stereocenters. The van der Waals surface area contributed by atoms with Gasteiger partial charge in [-0.15, -0.1) is 12.4 Å². The molecule has 2 heteroatoms. The Bertz CT molecular complexity index is 59.9. The summed E-state index contributed by atoms with van der Waals surface area (Å²) in [6.45, 7) is 3.50. The van der Waals surface area contributed by atoms with Crippen LogP contribution < -0.4 is 5.32 Å². The number of piperidine rings is 1. The lowest BCUT2D eigenvalue weighted by atomic mass is 10.0. The third kappa shape index (κ3) is 3.07. The van der Waals surface area contributed by atoms with Crippen LogP contribution in [0.15, 0.2) is 0 Å². The number of halogens is 1. The molecule has 0 aliphatic carbocycles. The van der Waals surface area contributed by atoms with Gasteiger partial charge in [0.2, 0.25) is 0 Å². The number of hydrogen-bond acceptors (Lipinski definition) is 1. The van der Waals surface area contributed by atoms with E-state index in [4.69, 9.17) is 0 Å². The minimum atomic E-state index is 0. The zero-order valence-corrected chi connectivity index (χ0v) is 6.84. The third-order valence-electron chi connectivity index (χ3n) is 1.91. The van der Waals surface area contributed by atoms with E-state index in [-0.39, 0.29) is 12.4 Å². The molecule has 0 aromatic carbocycles. The zero-order valence-electron chi connectivity index (χ0n) is 6.02. The molecular formula is C7H16ClN. The number of rotatable bonds is 1. The average Bonchev–Trinajstić information content (AvgIpc) is 1.90. The van der Waals surface area contributed by atoms with Gasteiger partial charge < -0.3 is 5.32 Å². The largest absolute Gasteiger partial charge is 0.314 e. The van der Waals surface area contributed by atoms with E-state index in [0.29, 0.717) is 0 Å². The molecule has 1 aliphatic rings. The first-order valence-corrected chi connectivity index (χ1v) is 3.67. The van der Waals surface area contributed by atoms with Crippen LogP contribution in [0.4, 0.5) is 0 Å². The van der Waals surface area contributed by atoms with Gasteiger partial charge in [-0.25, -0.2) is 0 Å². The molecule has 0 aromatic rings. The van der Waals surface area contributed by atoms with Crippen molar-refractivity contribution in [1.82, 2.24) is 5.32 Å². The second-order valence-electron chi connectivity index (χ2n) is 2.56. The molecule has 0 aromatic heterocycles. The summed E-state index contributed by atoms with van der Waals surface area (Å²) >= 11 is 0. The van der Waals surface area contributed by atoms with Crippen LogP contribution in [-0.4, -0.2) is 12.6 Å². The van der Waals surface area contributed by atoms with E-state index in [1.165, 1.54) is 32.2 Å². The molecule has 0 radical (unpaired) electrons. The van der Waals surface area contributed by atoms with E-state index in [1.54, 1.807) is 0 Å². The van der Waals surface area contributed by atoms with Crippen molar-refractivity contribution in [3.8, 4) is 0 Å². The Morgan fingerprint density at radius 2 is 2.22 bits per heavy atom. The van der Waals surface area contributed by atoms with Crippen molar-refractivity contribution in [2.45, 2.75) is 38.6 Å². The lowest BCUT2D eigenvalue weighted by Crippen LogP contribution is -2.32. The van der Waals surface area contributed by atoms with Gasteiger partial charge in [0.15, 0.2) is 0 Å². The average molecular weight is 150 g/mol. The van der Waals surface area contributed by atoms with E-state index in [0.717, 1.165) is 6.04 Å². The predicted molar refractivity (Wildman–Crippen MR) is 43.2 cm³/mol. The van der Waals surface area contributed by atoms with Crippen LogP contribution in [-0.2, 0) is 0 Å². The van der Waals surface area contributed by atoms with Crippen molar-refractivity contribution in [3.05, 3.63) is 0 Å². The van der Waals surface area contributed by atoms with Gasteiger partial charge in [0.1, 0.15) is 0 Å². The van der Waals surface area contributed by atoms with Crippen LogP contribution in [0.5, 0.6) is 0 Å². The Kier molecular flexibility index (Phi) is 5.21. The molecule has 1 rings (SSSR count). The first-order chi connectivity index (χ1) is 3.93. The van der Waals surface area contributed by atoms with Crippen molar-refractivity contribution >= 4 is 12.4 Å². The van der Waals surface area contributed by atoms with Gasteiger partial charge in [-0.05, 0) is 25.8 Å². The molecule has 1 unspecified atom stereocenters. The smallest absolute Gasteiger partial charge is 0.00644 e. The van der Waals surface area contributed by atoms with Gasteiger partial charge >= 0.3 is 0 Å². The highest BCUT2D eigenvalue weighted by molar-refractivity contribution is 5.85. The van der Waals surface area contributed by atoms with Gasteiger partial charge in [0.25, 0.3) is 0 Å². The van der Waals surface area contributed by atoms with E-state index in [1.807, 2.05) is 0 Å². The lowest BCUT2D eigenvalue weighted by molar-refractivity contribution is 0.393. The molecule has 0 amide bonds. The van der Waals surface area contributed by atoms with Crippen LogP contribution in [0, 0.1) is 0 Å². The topological polar surface area (TPSA) is 12.0 Å². The Balaban J connectivity index is 0.000000640. The second kappa shape index (κ2) is 5.07. The highest BCUT2D eigenvalue weighted by Crippen LogP contribution is 2.08. The highest BCUT2D eigenvalue weighted by Gasteiger charge is 2.08. The summed E-state index contributed by atoms with van der Waals surface area (Å²) in [7, 11) is 0. The minimum absolute atomic E-state index is 0. The molecule has 1 N–H and O–H groups in total. The van der Waals surface area contributed by atoms with Gasteiger partial charge in [0, 0.05) is 6.04 Å². The monoisotopic (exact) mass is 149 g/mol. The standard InChI is InChI=1S/C7H15N.ClH/c1-2-7-5-3-4-6-8-7;/h7-8H,2-6H2,1H3;1H. The molecular weight excluding hydrogens is 134 g/mol. The van der Waals surface area contributed by atoms with Crippen LogP contribution in [0.2, 0.25) is 0 Å². The van der Waals surface area contributed by atoms with Gasteiger partial charge in [-0.3, -0.25) is 0 Å². The van der Waals surface area contributed by atoms with Crippen LogP contribution in [0.3, 0.4) is 0 Å². The van der Waals surface area contributed by atoms with Crippen molar-refractivity contribution in [3.63, 3.8) is 0 Å². The number of hydrogen-bond donors (Lipinski definition) is 1. The van der Waals surface area contributed by atoms with Crippen molar-refractivity contribution in [2.24, 2.45) is 0 Å². The lowest BCUT2D eigenvalue weighted by Gasteiger charge is -2.21. The molecule has 1 aliphatic heterocycles. The summed E-state index contributed by atoms with van der Waals surface area (Å²) in [6, 6.07) is 0.837. The first-order valence-electron chi connectivity index (χ1n) is 3.67. The molecule has 9 heavy (non-hydrogen) atoms. The first kappa shape index (κ1) is 9.25. The van der Waals surface area contributed by atoms with E-state index < -0.39 is 0 Å². The molecule has 1 nitrogen and oxygen atoms in total.